The Morgan fingerprint density at radius 3 is 2.30 bits per heavy atom. The number of nitrogens with zero attached hydrogens (tertiary/aromatic N) is 2. The van der Waals surface area contributed by atoms with E-state index in [1.165, 1.54) is 13.3 Å². The first kappa shape index (κ1) is 11.6. The van der Waals surface area contributed by atoms with Gasteiger partial charge in [-0.15, -0.1) is 5.11 Å². The Balaban J connectivity index is 0. The molecule has 0 fully saturated rings. The Hall–Kier alpha value is -1.12. The highest BCUT2D eigenvalue weighted by molar-refractivity contribution is 4.76. The molecule has 0 saturated heterocycles. The van der Waals surface area contributed by atoms with E-state index in [-0.39, 0.29) is 5.88 Å². The molecule has 0 amide bonds. The van der Waals surface area contributed by atoms with Crippen LogP contribution in [0.1, 0.15) is 13.8 Å². The zero-order chi connectivity index (χ0) is 8.41. The number of ether oxygens (including phenoxy) is 1. The number of hydrogen-bond donors (Lipinski definition) is 0. The van der Waals surface area contributed by atoms with Gasteiger partial charge in [-0.25, -0.2) is 0 Å². The number of rotatable bonds is 3. The molecule has 0 N–H and O–H groups in total. The second-order valence-corrected chi connectivity index (χ2v) is 0.996. The fourth-order valence-corrected chi connectivity index (χ4v) is 0.146. The highest BCUT2D eigenvalue weighted by Crippen LogP contribution is 1.91. The molecule has 0 aliphatic carbocycles. The molecule has 0 aromatic carbocycles. The van der Waals surface area contributed by atoms with Gasteiger partial charge in [0.25, 0.3) is 0 Å². The average molecular weight is 142 g/mol. The molecule has 0 aliphatic rings. The third kappa shape index (κ3) is 9.99. The normalized spacial score (nSPS) is 7.90. The van der Waals surface area contributed by atoms with E-state index in [4.69, 9.17) is 0 Å². The van der Waals surface area contributed by atoms with Crippen LogP contribution >= 0.6 is 0 Å². The average Bonchev–Trinajstić information content (AvgIpc) is 2.04. The van der Waals surface area contributed by atoms with Crippen molar-refractivity contribution >= 4 is 0 Å². The van der Waals surface area contributed by atoms with E-state index < -0.39 is 0 Å². The summed E-state index contributed by atoms with van der Waals surface area (Å²) < 4.78 is 4.55. The third-order valence-corrected chi connectivity index (χ3v) is 0.487. The van der Waals surface area contributed by atoms with Crippen LogP contribution in [0.4, 0.5) is 0 Å². The van der Waals surface area contributed by atoms with Crippen molar-refractivity contribution in [2.24, 2.45) is 10.2 Å². The lowest BCUT2D eigenvalue weighted by molar-refractivity contribution is 0.286. The van der Waals surface area contributed by atoms with E-state index in [1.807, 2.05) is 13.8 Å². The largest absolute Gasteiger partial charge is 0.480 e. The highest BCUT2D eigenvalue weighted by atomic mass is 16.5. The molecule has 3 heteroatoms. The van der Waals surface area contributed by atoms with Crippen molar-refractivity contribution in [2.75, 3.05) is 7.11 Å². The molecule has 0 aliphatic heterocycles. The van der Waals surface area contributed by atoms with Crippen LogP contribution < -0.4 is 0 Å². The molecule has 10 heavy (non-hydrogen) atoms. The monoisotopic (exact) mass is 142 g/mol. The SMILES string of the molecule is C=CN=NC(=C)OC.CC. The van der Waals surface area contributed by atoms with E-state index in [1.54, 1.807) is 0 Å². The van der Waals surface area contributed by atoms with Crippen molar-refractivity contribution in [2.45, 2.75) is 13.8 Å². The van der Waals surface area contributed by atoms with Gasteiger partial charge in [0.15, 0.2) is 0 Å². The minimum Gasteiger partial charge on any atom is -0.480 e. The Morgan fingerprint density at radius 1 is 1.50 bits per heavy atom. The van der Waals surface area contributed by atoms with Crippen molar-refractivity contribution in [1.29, 1.82) is 0 Å². The first-order chi connectivity index (χ1) is 4.81. The van der Waals surface area contributed by atoms with E-state index in [0.29, 0.717) is 0 Å². The van der Waals surface area contributed by atoms with Gasteiger partial charge in [0.05, 0.1) is 7.11 Å². The molecule has 0 unspecified atom stereocenters. The summed E-state index contributed by atoms with van der Waals surface area (Å²) in [4.78, 5) is 0. The Bertz CT molecular complexity index is 119. The first-order valence-corrected chi connectivity index (χ1v) is 3.06. The van der Waals surface area contributed by atoms with E-state index in [0.717, 1.165) is 0 Å². The topological polar surface area (TPSA) is 34.0 Å². The summed E-state index contributed by atoms with van der Waals surface area (Å²) >= 11 is 0. The summed E-state index contributed by atoms with van der Waals surface area (Å²) in [6.07, 6.45) is 1.31. The first-order valence-electron chi connectivity index (χ1n) is 3.06. The van der Waals surface area contributed by atoms with Crippen LogP contribution in [0.5, 0.6) is 0 Å². The second kappa shape index (κ2) is 10.8. The summed E-state index contributed by atoms with van der Waals surface area (Å²) in [6.45, 7) is 10.7. The van der Waals surface area contributed by atoms with Gasteiger partial charge >= 0.3 is 0 Å². The molecular weight excluding hydrogens is 128 g/mol. The fraction of sp³-hybridized carbons (Fsp3) is 0.429. The Morgan fingerprint density at radius 2 is 2.00 bits per heavy atom. The summed E-state index contributed by atoms with van der Waals surface area (Å²) in [5.74, 6) is 0.282. The third-order valence-electron chi connectivity index (χ3n) is 0.487. The zero-order valence-electron chi connectivity index (χ0n) is 6.79. The van der Waals surface area contributed by atoms with E-state index in [2.05, 4.69) is 28.1 Å². The molecule has 0 aromatic heterocycles. The predicted octanol–water partition coefficient (Wildman–Crippen LogP) is 2.73. The van der Waals surface area contributed by atoms with Gasteiger partial charge in [0, 0.05) is 6.20 Å². The summed E-state index contributed by atoms with van der Waals surface area (Å²) in [6, 6.07) is 0. The van der Waals surface area contributed by atoms with Crippen LogP contribution in [0.25, 0.3) is 0 Å². The fourth-order valence-electron chi connectivity index (χ4n) is 0.146. The van der Waals surface area contributed by atoms with Crippen LogP contribution in [-0.2, 0) is 4.74 Å². The predicted molar refractivity (Wildman–Crippen MR) is 42.6 cm³/mol. The maximum Gasteiger partial charge on any atom is 0.225 e. The molecular formula is C7H14N2O. The Labute approximate surface area is 62.1 Å². The highest BCUT2D eigenvalue weighted by Gasteiger charge is 1.78. The summed E-state index contributed by atoms with van der Waals surface area (Å²) in [5.41, 5.74) is 0. The van der Waals surface area contributed by atoms with Gasteiger partial charge in [-0.3, -0.25) is 0 Å². The molecule has 0 heterocycles. The molecule has 0 saturated carbocycles. The van der Waals surface area contributed by atoms with Crippen molar-refractivity contribution in [3.63, 3.8) is 0 Å². The molecule has 3 nitrogen and oxygen atoms in total. The van der Waals surface area contributed by atoms with E-state index in [9.17, 15) is 0 Å². The van der Waals surface area contributed by atoms with Crippen LogP contribution in [0, 0.1) is 0 Å². The minimum absolute atomic E-state index is 0.282. The van der Waals surface area contributed by atoms with Crippen molar-refractivity contribution < 1.29 is 4.74 Å². The van der Waals surface area contributed by atoms with Gasteiger partial charge in [-0.05, 0) is 6.58 Å². The van der Waals surface area contributed by atoms with Crippen molar-refractivity contribution in [3.8, 4) is 0 Å². The van der Waals surface area contributed by atoms with Gasteiger partial charge < -0.3 is 4.74 Å². The Kier molecular flexibility index (Phi) is 12.6. The van der Waals surface area contributed by atoms with Crippen LogP contribution in [0.3, 0.4) is 0 Å². The summed E-state index contributed by atoms with van der Waals surface area (Å²) in [5, 5.41) is 6.86. The molecule has 58 valence electrons. The van der Waals surface area contributed by atoms with Crippen molar-refractivity contribution in [3.05, 3.63) is 25.2 Å². The number of methoxy groups -OCH3 is 1. The minimum atomic E-state index is 0.282. The lowest BCUT2D eigenvalue weighted by atomic mass is 10.9. The standard InChI is InChI=1S/C5H8N2O.C2H6/c1-4-6-7-5(2)8-3;1-2/h4H,1-2H2,3H3;1-2H3. The molecule has 0 spiro atoms. The second-order valence-electron chi connectivity index (χ2n) is 0.996. The van der Waals surface area contributed by atoms with Crippen molar-refractivity contribution in [1.82, 2.24) is 0 Å². The maximum absolute atomic E-state index is 4.55. The lowest BCUT2D eigenvalue weighted by Gasteiger charge is -1.89. The molecule has 0 bridgehead atoms. The van der Waals surface area contributed by atoms with Crippen LogP contribution in [-0.4, -0.2) is 7.11 Å². The molecule has 0 radical (unpaired) electrons. The van der Waals surface area contributed by atoms with Gasteiger partial charge in [0.1, 0.15) is 0 Å². The maximum atomic E-state index is 4.55. The van der Waals surface area contributed by atoms with Crippen LogP contribution in [0.15, 0.2) is 35.5 Å². The molecule has 0 rings (SSSR count). The van der Waals surface area contributed by atoms with Gasteiger partial charge in [-0.2, -0.15) is 5.11 Å². The van der Waals surface area contributed by atoms with E-state index >= 15 is 0 Å². The summed E-state index contributed by atoms with van der Waals surface area (Å²) in [7, 11) is 1.48. The number of azo groups is 1. The zero-order valence-corrected chi connectivity index (χ0v) is 6.79. The molecule has 0 aromatic rings. The van der Waals surface area contributed by atoms with Gasteiger partial charge in [-0.1, -0.05) is 20.4 Å². The molecule has 0 atom stereocenters. The van der Waals surface area contributed by atoms with Gasteiger partial charge in [0.2, 0.25) is 5.88 Å². The lowest BCUT2D eigenvalue weighted by Crippen LogP contribution is -1.74. The number of hydrogen-bond acceptors (Lipinski definition) is 3. The van der Waals surface area contributed by atoms with Crippen LogP contribution in [0.2, 0.25) is 0 Å². The quantitative estimate of drug-likeness (QED) is 0.440. The smallest absolute Gasteiger partial charge is 0.225 e.